The van der Waals surface area contributed by atoms with Crippen LogP contribution < -0.4 is 0 Å². The van der Waals surface area contributed by atoms with Gasteiger partial charge in [-0.05, 0) is 63.7 Å². The standard InChI is InChI=1S/C19H29N3/c1-5-17(18-10-7-6-8-11-18)14-22(4)13-9-12-19-15(2)20-21-16(19)3/h6-8,10-11,17H,5,9,12-14H2,1-4H3,(H,20,21)/t17-/m0/s1. The maximum Gasteiger partial charge on any atom is 0.0625 e. The van der Waals surface area contributed by atoms with E-state index in [1.54, 1.807) is 0 Å². The number of benzene rings is 1. The van der Waals surface area contributed by atoms with Gasteiger partial charge in [0, 0.05) is 12.2 Å². The second-order valence-corrected chi connectivity index (χ2v) is 6.29. The van der Waals surface area contributed by atoms with Crippen LogP contribution in [-0.2, 0) is 6.42 Å². The number of nitrogens with zero attached hydrogens (tertiary/aromatic N) is 2. The minimum atomic E-state index is 0.628. The highest BCUT2D eigenvalue weighted by atomic mass is 15.1. The maximum atomic E-state index is 4.28. The van der Waals surface area contributed by atoms with Crippen molar-refractivity contribution in [3.63, 3.8) is 0 Å². The van der Waals surface area contributed by atoms with Crippen LogP contribution in [0.15, 0.2) is 30.3 Å². The monoisotopic (exact) mass is 299 g/mol. The van der Waals surface area contributed by atoms with Crippen molar-refractivity contribution in [2.45, 2.75) is 46.0 Å². The smallest absolute Gasteiger partial charge is 0.0625 e. The first-order valence-electron chi connectivity index (χ1n) is 8.35. The number of hydrogen-bond acceptors (Lipinski definition) is 2. The summed E-state index contributed by atoms with van der Waals surface area (Å²) >= 11 is 0. The number of aromatic nitrogens is 2. The molecule has 2 aromatic rings. The molecule has 22 heavy (non-hydrogen) atoms. The zero-order chi connectivity index (χ0) is 15.9. The first-order chi connectivity index (χ1) is 10.6. The van der Waals surface area contributed by atoms with Crippen LogP contribution in [0, 0.1) is 13.8 Å². The van der Waals surface area contributed by atoms with Crippen LogP contribution >= 0.6 is 0 Å². The predicted octanol–water partition coefficient (Wildman–Crippen LogP) is 4.08. The van der Waals surface area contributed by atoms with Gasteiger partial charge in [0.1, 0.15) is 0 Å². The van der Waals surface area contributed by atoms with Gasteiger partial charge >= 0.3 is 0 Å². The summed E-state index contributed by atoms with van der Waals surface area (Å²) in [5.74, 6) is 0.628. The van der Waals surface area contributed by atoms with E-state index in [0.717, 1.165) is 25.2 Å². The molecule has 1 N–H and O–H groups in total. The van der Waals surface area contributed by atoms with E-state index in [1.807, 2.05) is 0 Å². The third kappa shape index (κ3) is 4.44. The molecule has 0 saturated heterocycles. The highest BCUT2D eigenvalue weighted by Crippen LogP contribution is 2.20. The van der Waals surface area contributed by atoms with E-state index in [-0.39, 0.29) is 0 Å². The molecular formula is C19H29N3. The molecule has 2 rings (SSSR count). The van der Waals surface area contributed by atoms with Gasteiger partial charge in [-0.3, -0.25) is 5.10 Å². The molecule has 1 aromatic carbocycles. The van der Waals surface area contributed by atoms with E-state index in [1.165, 1.54) is 29.7 Å². The molecule has 0 radical (unpaired) electrons. The Morgan fingerprint density at radius 3 is 2.50 bits per heavy atom. The number of nitrogens with one attached hydrogen (secondary N) is 1. The van der Waals surface area contributed by atoms with Crippen molar-refractivity contribution in [1.82, 2.24) is 15.1 Å². The van der Waals surface area contributed by atoms with Gasteiger partial charge in [0.05, 0.1) is 5.69 Å². The molecule has 0 spiro atoms. The number of aromatic amines is 1. The third-order valence-electron chi connectivity index (χ3n) is 4.54. The van der Waals surface area contributed by atoms with Crippen LogP contribution in [0.3, 0.4) is 0 Å². The zero-order valence-electron chi connectivity index (χ0n) is 14.4. The van der Waals surface area contributed by atoms with Gasteiger partial charge in [0.25, 0.3) is 0 Å². The lowest BCUT2D eigenvalue weighted by atomic mass is 9.96. The molecule has 0 aliphatic carbocycles. The van der Waals surface area contributed by atoms with E-state index in [2.05, 4.69) is 73.2 Å². The van der Waals surface area contributed by atoms with Crippen molar-refractivity contribution < 1.29 is 0 Å². The Morgan fingerprint density at radius 1 is 1.18 bits per heavy atom. The highest BCUT2D eigenvalue weighted by molar-refractivity contribution is 5.23. The van der Waals surface area contributed by atoms with E-state index in [9.17, 15) is 0 Å². The molecule has 0 bridgehead atoms. The molecule has 120 valence electrons. The van der Waals surface area contributed by atoms with Gasteiger partial charge in [-0.15, -0.1) is 0 Å². The summed E-state index contributed by atoms with van der Waals surface area (Å²) in [6, 6.07) is 10.9. The molecule has 0 saturated carbocycles. The van der Waals surface area contributed by atoms with Gasteiger partial charge in [-0.25, -0.2) is 0 Å². The topological polar surface area (TPSA) is 31.9 Å². The molecular weight excluding hydrogens is 270 g/mol. The molecule has 1 aromatic heterocycles. The second-order valence-electron chi connectivity index (χ2n) is 6.29. The summed E-state index contributed by atoms with van der Waals surface area (Å²) in [7, 11) is 2.24. The van der Waals surface area contributed by atoms with Crippen LogP contribution in [0.25, 0.3) is 0 Å². The highest BCUT2D eigenvalue weighted by Gasteiger charge is 2.12. The summed E-state index contributed by atoms with van der Waals surface area (Å²) in [5, 5.41) is 7.35. The lowest BCUT2D eigenvalue weighted by Gasteiger charge is -2.23. The SMILES string of the molecule is CC[C@@H](CN(C)CCCc1c(C)n[nH]c1C)c1ccccc1. The van der Waals surface area contributed by atoms with Gasteiger partial charge < -0.3 is 4.90 Å². The van der Waals surface area contributed by atoms with Crippen molar-refractivity contribution >= 4 is 0 Å². The number of aryl methyl sites for hydroxylation is 2. The number of H-pyrrole nitrogens is 1. The van der Waals surface area contributed by atoms with Crippen molar-refractivity contribution in [2.24, 2.45) is 0 Å². The average Bonchev–Trinajstić information content (AvgIpc) is 2.85. The third-order valence-corrected chi connectivity index (χ3v) is 4.54. The molecule has 1 atom stereocenters. The first-order valence-corrected chi connectivity index (χ1v) is 8.35. The van der Waals surface area contributed by atoms with Crippen molar-refractivity contribution in [1.29, 1.82) is 0 Å². The molecule has 3 nitrogen and oxygen atoms in total. The van der Waals surface area contributed by atoms with Crippen LogP contribution in [0.1, 0.15) is 48.2 Å². The van der Waals surface area contributed by atoms with E-state index < -0.39 is 0 Å². The Bertz CT molecular complexity index is 540. The largest absolute Gasteiger partial charge is 0.306 e. The lowest BCUT2D eigenvalue weighted by molar-refractivity contribution is 0.303. The number of rotatable bonds is 8. The van der Waals surface area contributed by atoms with Gasteiger partial charge in [0.15, 0.2) is 0 Å². The van der Waals surface area contributed by atoms with Gasteiger partial charge in [-0.1, -0.05) is 37.3 Å². The summed E-state index contributed by atoms with van der Waals surface area (Å²) in [5.41, 5.74) is 5.22. The average molecular weight is 299 g/mol. The molecule has 3 heteroatoms. The molecule has 1 heterocycles. The Kier molecular flexibility index (Phi) is 6.20. The van der Waals surface area contributed by atoms with Crippen LogP contribution in [-0.4, -0.2) is 35.2 Å². The van der Waals surface area contributed by atoms with E-state index >= 15 is 0 Å². The minimum absolute atomic E-state index is 0.628. The van der Waals surface area contributed by atoms with Crippen LogP contribution in [0.2, 0.25) is 0 Å². The van der Waals surface area contributed by atoms with Gasteiger partial charge in [-0.2, -0.15) is 5.10 Å². The molecule has 0 aliphatic heterocycles. The van der Waals surface area contributed by atoms with Crippen molar-refractivity contribution in [2.75, 3.05) is 20.1 Å². The first kappa shape index (κ1) is 16.8. The number of likely N-dealkylation sites (N-methyl/N-ethyl adjacent to an activating group) is 1. The summed E-state index contributed by atoms with van der Waals surface area (Å²) < 4.78 is 0. The predicted molar refractivity (Wildman–Crippen MR) is 93.4 cm³/mol. The second kappa shape index (κ2) is 8.14. The van der Waals surface area contributed by atoms with Crippen LogP contribution in [0.5, 0.6) is 0 Å². The van der Waals surface area contributed by atoms with Crippen LogP contribution in [0.4, 0.5) is 0 Å². The fourth-order valence-electron chi connectivity index (χ4n) is 3.13. The molecule has 0 aliphatic rings. The summed E-state index contributed by atoms with van der Waals surface area (Å²) in [6.07, 6.45) is 3.48. The normalized spacial score (nSPS) is 12.8. The molecule has 0 unspecified atom stereocenters. The molecule has 0 amide bonds. The Morgan fingerprint density at radius 2 is 1.91 bits per heavy atom. The van der Waals surface area contributed by atoms with Crippen molar-refractivity contribution in [3.8, 4) is 0 Å². The lowest BCUT2D eigenvalue weighted by Crippen LogP contribution is -2.26. The minimum Gasteiger partial charge on any atom is -0.306 e. The molecule has 0 fully saturated rings. The zero-order valence-corrected chi connectivity index (χ0v) is 14.4. The quantitative estimate of drug-likeness (QED) is 0.796. The number of hydrogen-bond donors (Lipinski definition) is 1. The van der Waals surface area contributed by atoms with Crippen molar-refractivity contribution in [3.05, 3.63) is 52.8 Å². The summed E-state index contributed by atoms with van der Waals surface area (Å²) in [4.78, 5) is 2.46. The Balaban J connectivity index is 1.81. The van der Waals surface area contributed by atoms with E-state index in [4.69, 9.17) is 0 Å². The Labute approximate surface area is 134 Å². The van der Waals surface area contributed by atoms with E-state index in [0.29, 0.717) is 5.92 Å². The summed E-state index contributed by atoms with van der Waals surface area (Å²) in [6.45, 7) is 8.74. The fourth-order valence-corrected chi connectivity index (χ4v) is 3.13. The fraction of sp³-hybridized carbons (Fsp3) is 0.526. The Hall–Kier alpha value is -1.61. The van der Waals surface area contributed by atoms with Gasteiger partial charge in [0.2, 0.25) is 0 Å². The maximum absolute atomic E-state index is 4.28.